The summed E-state index contributed by atoms with van der Waals surface area (Å²) in [5, 5.41) is 1.67. The van der Waals surface area contributed by atoms with Gasteiger partial charge in [0.2, 0.25) is 0 Å². The van der Waals surface area contributed by atoms with Crippen molar-refractivity contribution in [2.45, 2.75) is 158 Å². The third-order valence-corrected chi connectivity index (χ3v) is 25.3. The molecule has 0 bridgehead atoms. The van der Waals surface area contributed by atoms with E-state index in [1.165, 1.54) is 43.4 Å². The molecule has 0 aliphatic carbocycles. The molecule has 6 aliphatic rings. The monoisotopic (exact) mass is 2000 g/mol. The van der Waals surface area contributed by atoms with E-state index in [2.05, 4.69) is 119 Å². The number of nitrogens with one attached hydrogen (secondary N) is 6. The predicted octanol–water partition coefficient (Wildman–Crippen LogP) is 11.2. The molecule has 6 saturated heterocycles. The van der Waals surface area contributed by atoms with Gasteiger partial charge >= 0.3 is 35.4 Å². The number of likely N-dealkylation sites (tertiary alicyclic amines) is 6. The molecule has 0 radical (unpaired) electrons. The maximum atomic E-state index is 12.7. The van der Waals surface area contributed by atoms with Gasteiger partial charge in [-0.1, -0.05) is 41.3 Å². The number of carbonyl (C=O) groups excluding carboxylic acids is 6. The minimum Gasteiger partial charge on any atom is -0.354 e. The topological polar surface area (TPSA) is 417 Å². The highest BCUT2D eigenvalue weighted by atomic mass is 16.2. The molecule has 12 atom stereocenters. The standard InChI is InChI=1S/6C17H22N6O/c6*1-11-5-6-23(15(24)8-18-3)9-14(11)22(4)17-13-7-12(2)21-16(13)19-10-20-17/h6*7,10-11,14H,5-6,8-9H2,1-2,4H3,(H,19,20,21)/t6*11-,14+/m111111/s1/i1D3,4D3,7D,8D2,10D,11D,14D;1D3,7D,8D2,10D,11D;7D,8D2,10D,14D;7D,8D2,10D,11D;1D3,7D,8D2,10D;7D,8D2,10D. The first-order valence-corrected chi connectivity index (χ1v) is 45.0. The van der Waals surface area contributed by atoms with Gasteiger partial charge in [-0.25, -0.2) is 99.2 Å². The summed E-state index contributed by atoms with van der Waals surface area (Å²) in [4.78, 5) is 172. The summed E-state index contributed by atoms with van der Waals surface area (Å²) in [5.41, 5.74) is 4.45. The number of fused-ring (bicyclic) bond motifs is 6. The number of nitrogens with zero attached hydrogens (tertiary/aromatic N) is 30. The Bertz CT molecular complexity index is 9040. The van der Waals surface area contributed by atoms with Crippen LogP contribution in [0, 0.1) is 116 Å². The number of hydrogen-bond acceptors (Lipinski definition) is 24. The van der Waals surface area contributed by atoms with Crippen LogP contribution >= 0.6 is 0 Å². The van der Waals surface area contributed by atoms with Crippen LogP contribution in [-0.2, 0) is 28.8 Å². The van der Waals surface area contributed by atoms with Gasteiger partial charge in [-0.2, -0.15) is 0 Å². The van der Waals surface area contributed by atoms with Crippen LogP contribution in [0.3, 0.4) is 0 Å². The molecule has 0 aromatic carbocycles. The van der Waals surface area contributed by atoms with E-state index in [1.54, 1.807) is 74.6 Å². The second-order valence-electron chi connectivity index (χ2n) is 34.7. The lowest BCUT2D eigenvalue weighted by atomic mass is 9.92. The van der Waals surface area contributed by atoms with Gasteiger partial charge in [0.05, 0.1) is 79.5 Å². The lowest BCUT2D eigenvalue weighted by molar-refractivity contribution is -0.131. The van der Waals surface area contributed by atoms with Crippen molar-refractivity contribution < 1.29 is 85.0 Å². The van der Waals surface area contributed by atoms with E-state index in [0.717, 1.165) is 9.80 Å². The molecular weight excluding hydrogens is 1830 g/mol. The highest BCUT2D eigenvalue weighted by Gasteiger charge is 2.41. The number of hydrogen-bond donors (Lipinski definition) is 6. The minimum atomic E-state index is -3.38. The number of aryl methyl sites for hydroxylation is 6. The fourth-order valence-corrected chi connectivity index (χ4v) is 17.5. The van der Waals surface area contributed by atoms with Crippen LogP contribution in [0.25, 0.3) is 95.3 Å². The Morgan fingerprint density at radius 3 is 0.854 bits per heavy atom. The number of amides is 6. The van der Waals surface area contributed by atoms with Crippen molar-refractivity contribution in [1.29, 1.82) is 0 Å². The summed E-state index contributed by atoms with van der Waals surface area (Å²) in [6, 6.07) is -6.69. The quantitative estimate of drug-likeness (QED) is 0.0435. The largest absolute Gasteiger partial charge is 0.354 e. The number of aromatic nitrogens is 18. The molecule has 6 N–H and O–H groups in total. The van der Waals surface area contributed by atoms with Gasteiger partial charge < -0.3 is 118 Å². The Morgan fingerprint density at radius 1 is 0.319 bits per heavy atom. The number of carbonyl (C=O) groups is 6. The van der Waals surface area contributed by atoms with Gasteiger partial charge in [-0.15, -0.1) is 0 Å². The van der Waals surface area contributed by atoms with E-state index >= 15 is 0 Å². The predicted molar refractivity (Wildman–Crippen MR) is 556 cm³/mol. The van der Waals surface area contributed by atoms with Gasteiger partial charge in [0.15, 0.2) is 0 Å². The molecule has 6 aliphatic heterocycles. The molecule has 6 amide bonds. The summed E-state index contributed by atoms with van der Waals surface area (Å²) in [7, 11) is 8.12. The van der Waals surface area contributed by atoms with Crippen molar-refractivity contribution in [2.75, 3.05) is 189 Å². The van der Waals surface area contributed by atoms with Crippen LogP contribution < -0.4 is 29.4 Å². The maximum absolute atomic E-state index is 12.7. The van der Waals surface area contributed by atoms with Crippen LogP contribution in [0.2, 0.25) is 0 Å². The summed E-state index contributed by atoms with van der Waals surface area (Å²) in [6.45, 7) is 27.6. The Hall–Kier alpha value is -15.7. The van der Waals surface area contributed by atoms with Crippen molar-refractivity contribution in [3.05, 3.63) is 177 Å². The second-order valence-corrected chi connectivity index (χ2v) is 34.7. The Kier molecular flexibility index (Phi) is 20.9. The zero-order valence-electron chi connectivity index (χ0n) is 122. The first kappa shape index (κ1) is 63.2. The molecule has 6 fully saturated rings. The molecule has 756 valence electrons. The number of anilines is 6. The molecule has 12 aromatic rings. The lowest BCUT2D eigenvalue weighted by Crippen LogP contribution is -2.53. The number of rotatable bonds is 18. The average molecular weight is 2000 g/mol. The molecule has 0 saturated carbocycles. The molecule has 42 heteroatoms. The van der Waals surface area contributed by atoms with Crippen LogP contribution in [0.5, 0.6) is 0 Å². The molecule has 0 unspecified atom stereocenters. The van der Waals surface area contributed by atoms with E-state index in [9.17, 15) is 30.1 Å². The van der Waals surface area contributed by atoms with Crippen molar-refractivity contribution >= 4 is 137 Å². The Balaban J connectivity index is 0.000000180. The highest BCUT2D eigenvalue weighted by molar-refractivity contribution is 5.94. The molecule has 42 nitrogen and oxygen atoms in total. The fraction of sp³-hybridized carbons (Fsp3) is 0.529. The second kappa shape index (κ2) is 47.7. The smallest absolute Gasteiger partial charge is 0.302 e. The third kappa shape index (κ3) is 24.5. The van der Waals surface area contributed by atoms with Crippen molar-refractivity contribution in [3.8, 4) is 0 Å². The van der Waals surface area contributed by atoms with Gasteiger partial charge in [-0.3, -0.25) is 28.8 Å². The number of aromatic amines is 6. The zero-order valence-corrected chi connectivity index (χ0v) is 81.1. The van der Waals surface area contributed by atoms with Crippen LogP contribution in [0.1, 0.15) is 170 Å². The average Bonchev–Trinajstić information content (AvgIpc) is 1.59. The summed E-state index contributed by atoms with van der Waals surface area (Å²) < 4.78 is 330. The summed E-state index contributed by atoms with van der Waals surface area (Å²) >= 11 is 0. The summed E-state index contributed by atoms with van der Waals surface area (Å²) in [6.07, 6.45) is -1.67. The van der Waals surface area contributed by atoms with E-state index in [-0.39, 0.29) is 220 Å². The van der Waals surface area contributed by atoms with Crippen molar-refractivity contribution in [1.82, 2.24) is 119 Å². The van der Waals surface area contributed by atoms with Gasteiger partial charge in [0.1, 0.15) is 131 Å². The SMILES string of the molecule is [2H]c1nc(N(C([2H])([2H])[2H])[C@@]2([2H])CN(C(=O)C([2H])([2H])[N+]#[C-])CC[C@@]2([2H])C([2H])([2H])[2H])c2c([2H])c(C)[nH]c2n1.[2H]c1nc(N(C)[C@@]2([2H])CN(C(=O)C([2H])([2H])[N+]#[C-])CC[C@H]2C)c2c([2H])c(C)[nH]c2n1.[2H]c1nc(N(C)[C@H]2CN(C(=O)C([2H])([2H])[N+]#[C-])CC[C@@]2([2H])C([2H])([2H])[2H])c2c([2H])c(C)[nH]c2n1.[2H]c1nc(N(C)[C@H]2CN(C(=O)C([2H])([2H])[N+]#[C-])CC[C@@]2([2H])C)c2c([2H])c(C)[nH]c2n1.[2H]c1nc(N(C)[C@H]2CN(C(=O)C([2H])([2H])[N+]#[C-])CC[C@H]2C([2H])([2H])[2H])c2c([2H])c(C)[nH]c2n1.[2H]c1nc(N(C)[C@H]2CN(C(=O)C([2H])([2H])[N+]#[C-])CC[C@H]2C)c2c([2H])c(C)[nH]c2n1. The molecule has 12 aromatic heterocycles. The van der Waals surface area contributed by atoms with Crippen LogP contribution in [-0.4, -0.2) is 350 Å². The van der Waals surface area contributed by atoms with Gasteiger partial charge in [-0.05, 0) is 152 Å². The maximum Gasteiger partial charge on any atom is 0.302 e. The third-order valence-electron chi connectivity index (χ3n) is 25.3. The van der Waals surface area contributed by atoms with E-state index in [0.29, 0.717) is 103 Å². The van der Waals surface area contributed by atoms with Crippen molar-refractivity contribution in [3.63, 3.8) is 0 Å². The molecule has 144 heavy (non-hydrogen) atoms. The summed E-state index contributed by atoms with van der Waals surface area (Å²) in [5.74, 6) is -12.5. The molecule has 0 spiro atoms. The Labute approximate surface area is 897 Å². The van der Waals surface area contributed by atoms with Crippen LogP contribution in [0.15, 0.2) is 74.1 Å². The number of likely N-dealkylation sites (N-methyl/N-ethyl adjacent to an activating group) is 6. The first-order chi connectivity index (χ1) is 85.0. The molecule has 18 rings (SSSR count). The number of piperidine rings is 6. The fourth-order valence-electron chi connectivity index (χ4n) is 17.5. The minimum absolute atomic E-state index is 0.0110. The van der Waals surface area contributed by atoms with E-state index < -0.39 is 187 Å². The van der Waals surface area contributed by atoms with Gasteiger partial charge in [0.25, 0.3) is 39.0 Å². The van der Waals surface area contributed by atoms with Crippen molar-refractivity contribution in [2.24, 2.45) is 35.4 Å². The van der Waals surface area contributed by atoms with Gasteiger partial charge in [0, 0.05) is 175 Å². The highest BCUT2D eigenvalue weighted by Crippen LogP contribution is 2.38. The Morgan fingerprint density at radius 2 is 0.556 bits per heavy atom. The molecule has 18 heterocycles. The molecular formula is C102H132N36O6. The normalized spacial score (nSPS) is 28.5. The van der Waals surface area contributed by atoms with E-state index in [1.807, 2.05) is 18.7 Å². The van der Waals surface area contributed by atoms with E-state index in [4.69, 9.17) is 94.3 Å². The zero-order chi connectivity index (χ0) is 139. The lowest BCUT2D eigenvalue weighted by Gasteiger charge is -2.41. The number of H-pyrrole nitrogens is 6. The van der Waals surface area contributed by atoms with Crippen LogP contribution in [0.4, 0.5) is 34.9 Å². The first-order valence-electron chi connectivity index (χ1n) is 65.5.